The Labute approximate surface area is 135 Å². The molecule has 0 spiro atoms. The van der Waals surface area contributed by atoms with Crippen LogP contribution in [0.1, 0.15) is 13.8 Å². The van der Waals surface area contributed by atoms with E-state index in [0.29, 0.717) is 6.67 Å². The van der Waals surface area contributed by atoms with Crippen LogP contribution < -0.4 is 20.2 Å². The van der Waals surface area contributed by atoms with Gasteiger partial charge in [-0.25, -0.2) is 0 Å². The van der Waals surface area contributed by atoms with Gasteiger partial charge in [-0.15, -0.1) is 11.8 Å². The molecule has 0 saturated carbocycles. The van der Waals surface area contributed by atoms with Crippen LogP contribution in [-0.2, 0) is 0 Å². The Hall–Kier alpha value is -1.94. The van der Waals surface area contributed by atoms with Crippen molar-refractivity contribution in [3.8, 4) is 5.75 Å². The van der Waals surface area contributed by atoms with Gasteiger partial charge in [0.25, 0.3) is 0 Å². The van der Waals surface area contributed by atoms with Crippen molar-refractivity contribution in [3.63, 3.8) is 0 Å². The lowest BCUT2D eigenvalue weighted by Crippen LogP contribution is -2.35. The molecule has 2 aromatic carbocycles. The van der Waals surface area contributed by atoms with Crippen molar-refractivity contribution in [2.45, 2.75) is 24.8 Å². The summed E-state index contributed by atoms with van der Waals surface area (Å²) in [6.45, 7) is 4.71. The molecule has 114 valence electrons. The van der Waals surface area contributed by atoms with Gasteiger partial charge in [-0.3, -0.25) is 4.99 Å². The van der Waals surface area contributed by atoms with Gasteiger partial charge in [0.1, 0.15) is 12.4 Å². The number of thioether (sulfide) groups is 1. The number of fused-ring (bicyclic) bond motifs is 1. The minimum atomic E-state index is 0.146. The normalized spacial score (nSPS) is 13.4. The maximum absolute atomic E-state index is 5.97. The lowest BCUT2D eigenvalue weighted by Gasteiger charge is -2.25. The molecule has 1 aliphatic rings. The lowest BCUT2D eigenvalue weighted by atomic mass is 10.2. The molecule has 1 heterocycles. The molecule has 0 unspecified atom stereocenters. The maximum Gasteiger partial charge on any atom is 0.143 e. The van der Waals surface area contributed by atoms with Crippen molar-refractivity contribution in [1.82, 2.24) is 0 Å². The molecule has 2 aromatic rings. The van der Waals surface area contributed by atoms with Crippen molar-refractivity contribution in [3.05, 3.63) is 53.0 Å². The molecule has 0 fully saturated rings. The van der Waals surface area contributed by atoms with Gasteiger partial charge in [0.15, 0.2) is 0 Å². The zero-order chi connectivity index (χ0) is 15.5. The van der Waals surface area contributed by atoms with E-state index in [1.54, 1.807) is 11.8 Å². The van der Waals surface area contributed by atoms with Crippen LogP contribution in [0.25, 0.3) is 6.20 Å². The number of nitrogens with zero attached hydrogens (tertiary/aromatic N) is 2. The second-order valence-corrected chi connectivity index (χ2v) is 6.34. The molecule has 0 N–H and O–H groups in total. The van der Waals surface area contributed by atoms with Crippen LogP contribution in [0.2, 0.25) is 0 Å². The van der Waals surface area contributed by atoms with Crippen molar-refractivity contribution in [2.75, 3.05) is 17.8 Å². The zero-order valence-corrected chi connectivity index (χ0v) is 13.9. The predicted molar refractivity (Wildman–Crippen MR) is 93.0 cm³/mol. The highest BCUT2D eigenvalue weighted by molar-refractivity contribution is 7.98. The predicted octanol–water partition coefficient (Wildman–Crippen LogP) is 3.03. The Balaban J connectivity index is 2.05. The van der Waals surface area contributed by atoms with Crippen LogP contribution in [0.4, 0.5) is 5.69 Å². The van der Waals surface area contributed by atoms with E-state index in [9.17, 15) is 0 Å². The summed E-state index contributed by atoms with van der Waals surface area (Å²) < 4.78 is 5.97. The second kappa shape index (κ2) is 6.44. The van der Waals surface area contributed by atoms with E-state index >= 15 is 0 Å². The first-order valence-electron chi connectivity index (χ1n) is 7.40. The molecule has 0 aromatic heterocycles. The minimum absolute atomic E-state index is 0.146. The van der Waals surface area contributed by atoms with Gasteiger partial charge < -0.3 is 9.64 Å². The fourth-order valence-corrected chi connectivity index (χ4v) is 2.88. The Morgan fingerprint density at radius 3 is 2.77 bits per heavy atom. The van der Waals surface area contributed by atoms with E-state index in [-0.39, 0.29) is 6.10 Å². The summed E-state index contributed by atoms with van der Waals surface area (Å²) >= 11 is 1.73. The number of para-hydroxylation sites is 1. The van der Waals surface area contributed by atoms with Crippen molar-refractivity contribution in [1.29, 1.82) is 0 Å². The van der Waals surface area contributed by atoms with E-state index in [1.165, 1.54) is 4.90 Å². The largest absolute Gasteiger partial charge is 0.489 e. The van der Waals surface area contributed by atoms with Crippen molar-refractivity contribution < 1.29 is 4.74 Å². The number of hydrogen-bond donors (Lipinski definition) is 0. The van der Waals surface area contributed by atoms with E-state index in [2.05, 4.69) is 46.6 Å². The first-order chi connectivity index (χ1) is 10.7. The quantitative estimate of drug-likeness (QED) is 0.811. The standard InChI is InChI=1S/C18H20N2OS/c1-13(2)21-18-9-8-15(22-3)10-17(18)20-11-14-6-4-5-7-16(14)19-12-20/h4-11,13H,12H2,1-3H3. The Kier molecular flexibility index (Phi) is 4.39. The number of hydrogen-bond acceptors (Lipinski definition) is 4. The summed E-state index contributed by atoms with van der Waals surface area (Å²) in [6.07, 6.45) is 4.38. The Morgan fingerprint density at radius 1 is 1.18 bits per heavy atom. The third-order valence-corrected chi connectivity index (χ3v) is 4.19. The lowest BCUT2D eigenvalue weighted by molar-refractivity contribution is 0.243. The third-order valence-electron chi connectivity index (χ3n) is 3.46. The highest BCUT2D eigenvalue weighted by Crippen LogP contribution is 2.33. The van der Waals surface area contributed by atoms with Crippen LogP contribution in [-0.4, -0.2) is 19.0 Å². The third kappa shape index (κ3) is 3.12. The van der Waals surface area contributed by atoms with E-state index in [4.69, 9.17) is 4.74 Å². The monoisotopic (exact) mass is 312 g/mol. The molecule has 22 heavy (non-hydrogen) atoms. The fraction of sp³-hybridized carbons (Fsp3) is 0.278. The van der Waals surface area contributed by atoms with Gasteiger partial charge in [0.05, 0.1) is 17.1 Å². The molecule has 0 atom stereocenters. The summed E-state index contributed by atoms with van der Waals surface area (Å²) in [7, 11) is 0. The van der Waals surface area contributed by atoms with Crippen molar-refractivity contribution in [2.24, 2.45) is 4.99 Å². The fourth-order valence-electron chi connectivity index (χ4n) is 2.45. The smallest absolute Gasteiger partial charge is 0.143 e. The average molecular weight is 312 g/mol. The topological polar surface area (TPSA) is 24.8 Å². The average Bonchev–Trinajstić information content (AvgIpc) is 2.54. The first-order valence-corrected chi connectivity index (χ1v) is 8.62. The maximum atomic E-state index is 5.97. The molecule has 1 aliphatic heterocycles. The van der Waals surface area contributed by atoms with Crippen LogP contribution in [0.3, 0.4) is 0 Å². The number of ether oxygens (including phenoxy) is 1. The zero-order valence-electron chi connectivity index (χ0n) is 13.1. The molecule has 3 rings (SSSR count). The number of benzene rings is 2. The highest BCUT2D eigenvalue weighted by Gasteiger charge is 2.14. The number of rotatable bonds is 4. The van der Waals surface area contributed by atoms with Crippen LogP contribution in [0.15, 0.2) is 52.4 Å². The van der Waals surface area contributed by atoms with Gasteiger partial charge in [0, 0.05) is 16.3 Å². The molecule has 0 aliphatic carbocycles. The summed E-state index contributed by atoms with van der Waals surface area (Å²) in [4.78, 5) is 8.03. The summed E-state index contributed by atoms with van der Waals surface area (Å²) in [5.74, 6) is 0.902. The summed E-state index contributed by atoms with van der Waals surface area (Å²) in [6, 6.07) is 14.5. The first kappa shape index (κ1) is 15.0. The molecule has 0 bridgehead atoms. The molecule has 0 amide bonds. The number of anilines is 1. The van der Waals surface area contributed by atoms with Gasteiger partial charge in [0.2, 0.25) is 0 Å². The summed E-state index contributed by atoms with van der Waals surface area (Å²) in [5, 5.41) is 2.19. The van der Waals surface area contributed by atoms with Gasteiger partial charge in [-0.2, -0.15) is 0 Å². The molecular weight excluding hydrogens is 292 g/mol. The Bertz CT molecular complexity index is 786. The highest BCUT2D eigenvalue weighted by atomic mass is 32.2. The Morgan fingerprint density at radius 2 is 2.00 bits per heavy atom. The SMILES string of the molecule is CSc1ccc(OC(C)C)c(N2C=c3ccccc3=NC2)c1. The second-order valence-electron chi connectivity index (χ2n) is 5.46. The van der Waals surface area contributed by atoms with Gasteiger partial charge in [-0.05, 0) is 44.4 Å². The minimum Gasteiger partial charge on any atom is -0.489 e. The van der Waals surface area contributed by atoms with Crippen LogP contribution >= 0.6 is 11.8 Å². The van der Waals surface area contributed by atoms with Gasteiger partial charge >= 0.3 is 0 Å². The van der Waals surface area contributed by atoms with Crippen LogP contribution in [0, 0.1) is 0 Å². The molecule has 4 heteroatoms. The van der Waals surface area contributed by atoms with Crippen LogP contribution in [0.5, 0.6) is 5.75 Å². The molecule has 0 saturated heterocycles. The van der Waals surface area contributed by atoms with E-state index in [0.717, 1.165) is 22.0 Å². The summed E-state index contributed by atoms with van der Waals surface area (Å²) in [5.41, 5.74) is 1.07. The molecule has 3 nitrogen and oxygen atoms in total. The van der Waals surface area contributed by atoms with E-state index < -0.39 is 0 Å². The van der Waals surface area contributed by atoms with E-state index in [1.807, 2.05) is 32.0 Å². The molecular formula is C18H20N2OS. The van der Waals surface area contributed by atoms with Crippen molar-refractivity contribution >= 4 is 23.6 Å². The van der Waals surface area contributed by atoms with Gasteiger partial charge in [-0.1, -0.05) is 18.2 Å². The molecule has 0 radical (unpaired) electrons.